The molecule has 0 radical (unpaired) electrons. The number of amides is 1. The predicted octanol–water partition coefficient (Wildman–Crippen LogP) is 2.85. The Hall–Kier alpha value is -3.27. The van der Waals surface area contributed by atoms with Gasteiger partial charge >= 0.3 is 0 Å². The largest absolute Gasteiger partial charge is 0.333 e. The molecule has 0 N–H and O–H groups in total. The van der Waals surface area contributed by atoms with E-state index in [-0.39, 0.29) is 36.7 Å². The molecule has 1 aromatic carbocycles. The van der Waals surface area contributed by atoms with Crippen molar-refractivity contribution in [3.05, 3.63) is 69.5 Å². The van der Waals surface area contributed by atoms with Crippen molar-refractivity contribution in [2.24, 2.45) is 0 Å². The summed E-state index contributed by atoms with van der Waals surface area (Å²) in [6, 6.07) is 10.00. The summed E-state index contributed by atoms with van der Waals surface area (Å²) < 4.78 is 0. The van der Waals surface area contributed by atoms with Gasteiger partial charge in [-0.05, 0) is 24.6 Å². The molecule has 0 saturated heterocycles. The van der Waals surface area contributed by atoms with Crippen molar-refractivity contribution < 1.29 is 9.72 Å². The van der Waals surface area contributed by atoms with Gasteiger partial charge in [-0.2, -0.15) is 5.26 Å². The molecular formula is C17H16N4O3. The second kappa shape index (κ2) is 7.83. The third kappa shape index (κ3) is 4.14. The lowest BCUT2D eigenvalue weighted by Crippen LogP contribution is -2.31. The Balaban J connectivity index is 2.29. The van der Waals surface area contributed by atoms with E-state index in [4.69, 9.17) is 5.26 Å². The molecule has 0 spiro atoms. The van der Waals surface area contributed by atoms with Crippen LogP contribution in [-0.2, 0) is 6.54 Å². The Morgan fingerprint density at radius 3 is 2.83 bits per heavy atom. The number of aromatic nitrogens is 1. The number of pyridine rings is 1. The van der Waals surface area contributed by atoms with E-state index in [0.29, 0.717) is 5.56 Å². The van der Waals surface area contributed by atoms with Gasteiger partial charge in [0, 0.05) is 42.7 Å². The van der Waals surface area contributed by atoms with Gasteiger partial charge in [-0.15, -0.1) is 0 Å². The zero-order valence-corrected chi connectivity index (χ0v) is 13.2. The Bertz CT molecular complexity index is 784. The Morgan fingerprint density at radius 1 is 1.42 bits per heavy atom. The fourth-order valence-electron chi connectivity index (χ4n) is 2.27. The summed E-state index contributed by atoms with van der Waals surface area (Å²) in [4.78, 5) is 28.8. The molecule has 0 unspecified atom stereocenters. The van der Waals surface area contributed by atoms with Crippen LogP contribution >= 0.6 is 0 Å². The molecule has 0 atom stereocenters. The summed E-state index contributed by atoms with van der Waals surface area (Å²) in [7, 11) is 0. The highest BCUT2D eigenvalue weighted by Crippen LogP contribution is 2.21. The molecule has 24 heavy (non-hydrogen) atoms. The Labute approximate surface area is 139 Å². The first-order valence-corrected chi connectivity index (χ1v) is 7.33. The van der Waals surface area contributed by atoms with Crippen LogP contribution in [-0.4, -0.2) is 27.3 Å². The van der Waals surface area contributed by atoms with Gasteiger partial charge in [0.25, 0.3) is 11.6 Å². The summed E-state index contributed by atoms with van der Waals surface area (Å²) in [5, 5.41) is 19.9. The second-order valence-corrected chi connectivity index (χ2v) is 5.25. The van der Waals surface area contributed by atoms with Gasteiger partial charge in [0.05, 0.1) is 17.4 Å². The number of rotatable bonds is 6. The number of carbonyl (C=O) groups excluding carboxylic acids is 1. The van der Waals surface area contributed by atoms with Crippen LogP contribution in [0.15, 0.2) is 42.7 Å². The topological polar surface area (TPSA) is 100 Å². The van der Waals surface area contributed by atoms with Crippen LogP contribution in [0.25, 0.3) is 0 Å². The molecule has 1 amide bonds. The lowest BCUT2D eigenvalue weighted by Gasteiger charge is -2.21. The molecule has 1 heterocycles. The average molecular weight is 324 g/mol. The number of hydrogen-bond donors (Lipinski definition) is 0. The quantitative estimate of drug-likeness (QED) is 0.601. The minimum Gasteiger partial charge on any atom is -0.333 e. The first-order chi connectivity index (χ1) is 11.5. The zero-order chi connectivity index (χ0) is 17.5. The van der Waals surface area contributed by atoms with Gasteiger partial charge in [0.2, 0.25) is 0 Å². The van der Waals surface area contributed by atoms with Crippen molar-refractivity contribution in [3.8, 4) is 6.07 Å². The highest BCUT2D eigenvalue weighted by atomic mass is 16.6. The van der Waals surface area contributed by atoms with Crippen LogP contribution in [0.1, 0.15) is 27.9 Å². The maximum Gasteiger partial charge on any atom is 0.273 e. The minimum absolute atomic E-state index is 0.0949. The summed E-state index contributed by atoms with van der Waals surface area (Å²) in [6.45, 7) is 2.15. The predicted molar refractivity (Wildman–Crippen MR) is 87.0 cm³/mol. The monoisotopic (exact) mass is 324 g/mol. The molecule has 0 fully saturated rings. The number of nitrogens with zero attached hydrogens (tertiary/aromatic N) is 4. The standard InChI is InChI=1S/C17H16N4O3/c1-13-5-6-15(10-16(13)21(23)24)17(22)20(9-3-7-18)12-14-4-2-8-19-11-14/h2,4-6,8,10-11H,3,9,12H2,1H3. The number of benzene rings is 1. The van der Waals surface area contributed by atoms with E-state index in [2.05, 4.69) is 4.98 Å². The van der Waals surface area contributed by atoms with Crippen LogP contribution < -0.4 is 0 Å². The van der Waals surface area contributed by atoms with Gasteiger partial charge in [0.1, 0.15) is 0 Å². The highest BCUT2D eigenvalue weighted by Gasteiger charge is 2.20. The average Bonchev–Trinajstić information content (AvgIpc) is 2.59. The summed E-state index contributed by atoms with van der Waals surface area (Å²) in [5.74, 6) is -0.350. The molecule has 0 bridgehead atoms. The second-order valence-electron chi connectivity index (χ2n) is 5.25. The van der Waals surface area contributed by atoms with E-state index in [1.54, 1.807) is 37.5 Å². The van der Waals surface area contributed by atoms with E-state index in [1.165, 1.54) is 11.0 Å². The molecule has 2 rings (SSSR count). The number of carbonyl (C=O) groups is 1. The maximum atomic E-state index is 12.7. The van der Waals surface area contributed by atoms with E-state index < -0.39 is 4.92 Å². The SMILES string of the molecule is Cc1ccc(C(=O)N(CCC#N)Cc2cccnc2)cc1[N+](=O)[O-]. The van der Waals surface area contributed by atoms with Gasteiger partial charge in [-0.1, -0.05) is 12.1 Å². The van der Waals surface area contributed by atoms with Crippen LogP contribution in [0.2, 0.25) is 0 Å². The molecule has 0 saturated carbocycles. The molecule has 122 valence electrons. The van der Waals surface area contributed by atoms with Gasteiger partial charge in [-0.25, -0.2) is 0 Å². The Kier molecular flexibility index (Phi) is 5.58. The van der Waals surface area contributed by atoms with E-state index in [1.807, 2.05) is 12.1 Å². The van der Waals surface area contributed by atoms with Crippen molar-refractivity contribution >= 4 is 11.6 Å². The summed E-state index contributed by atoms with van der Waals surface area (Å²) in [5.41, 5.74) is 1.45. The maximum absolute atomic E-state index is 12.7. The van der Waals surface area contributed by atoms with Crippen molar-refractivity contribution in [1.29, 1.82) is 5.26 Å². The third-order valence-electron chi connectivity index (χ3n) is 3.53. The van der Waals surface area contributed by atoms with Gasteiger partial charge < -0.3 is 4.90 Å². The smallest absolute Gasteiger partial charge is 0.273 e. The molecule has 0 aliphatic rings. The number of hydrogen-bond acceptors (Lipinski definition) is 5. The number of nitro benzene ring substituents is 1. The lowest BCUT2D eigenvalue weighted by molar-refractivity contribution is -0.385. The zero-order valence-electron chi connectivity index (χ0n) is 13.2. The molecular weight excluding hydrogens is 308 g/mol. The molecule has 7 heteroatoms. The fourth-order valence-corrected chi connectivity index (χ4v) is 2.27. The lowest BCUT2D eigenvalue weighted by atomic mass is 10.1. The van der Waals surface area contributed by atoms with E-state index in [0.717, 1.165) is 5.56 Å². The summed E-state index contributed by atoms with van der Waals surface area (Å²) in [6.07, 6.45) is 3.46. The number of aryl methyl sites for hydroxylation is 1. The van der Waals surface area contributed by atoms with Gasteiger partial charge in [-0.3, -0.25) is 19.9 Å². The summed E-state index contributed by atoms with van der Waals surface area (Å²) >= 11 is 0. The normalized spacial score (nSPS) is 10.0. The van der Waals surface area contributed by atoms with Crippen LogP contribution in [0.4, 0.5) is 5.69 Å². The number of nitro groups is 1. The van der Waals surface area contributed by atoms with Crippen molar-refractivity contribution in [1.82, 2.24) is 9.88 Å². The van der Waals surface area contributed by atoms with Crippen molar-refractivity contribution in [3.63, 3.8) is 0 Å². The molecule has 1 aromatic heterocycles. The minimum atomic E-state index is -0.507. The van der Waals surface area contributed by atoms with Gasteiger partial charge in [0.15, 0.2) is 0 Å². The van der Waals surface area contributed by atoms with Crippen molar-refractivity contribution in [2.75, 3.05) is 6.54 Å². The molecule has 0 aliphatic heterocycles. The fraction of sp³-hybridized carbons (Fsp3) is 0.235. The van der Waals surface area contributed by atoms with Crippen molar-refractivity contribution in [2.45, 2.75) is 19.9 Å². The van der Waals surface area contributed by atoms with Crippen LogP contribution in [0.5, 0.6) is 0 Å². The van der Waals surface area contributed by atoms with E-state index in [9.17, 15) is 14.9 Å². The van der Waals surface area contributed by atoms with E-state index >= 15 is 0 Å². The molecule has 7 nitrogen and oxygen atoms in total. The van der Waals surface area contributed by atoms with Crippen LogP contribution in [0, 0.1) is 28.4 Å². The molecule has 2 aromatic rings. The number of nitriles is 1. The van der Waals surface area contributed by atoms with Crippen LogP contribution in [0.3, 0.4) is 0 Å². The molecule has 0 aliphatic carbocycles. The Morgan fingerprint density at radius 2 is 2.21 bits per heavy atom. The highest BCUT2D eigenvalue weighted by molar-refractivity contribution is 5.95. The first-order valence-electron chi connectivity index (χ1n) is 7.33. The first kappa shape index (κ1) is 17.1. The third-order valence-corrected chi connectivity index (χ3v) is 3.53.